The Bertz CT molecular complexity index is 705. The van der Waals surface area contributed by atoms with Crippen LogP contribution in [0.3, 0.4) is 0 Å². The van der Waals surface area contributed by atoms with E-state index in [0.717, 1.165) is 5.76 Å². The molecule has 3 rings (SSSR count). The Morgan fingerprint density at radius 1 is 1.45 bits per heavy atom. The molecule has 1 aliphatic carbocycles. The van der Waals surface area contributed by atoms with Gasteiger partial charge in [-0.25, -0.2) is 4.98 Å². The van der Waals surface area contributed by atoms with Crippen molar-refractivity contribution < 1.29 is 13.9 Å². The molecule has 5 heteroatoms. The number of rotatable bonds is 5. The molecule has 0 aliphatic heterocycles. The zero-order valence-electron chi connectivity index (χ0n) is 12.6. The fourth-order valence-corrected chi connectivity index (χ4v) is 2.34. The molecule has 0 unspecified atom stereocenters. The van der Waals surface area contributed by atoms with E-state index in [1.807, 2.05) is 12.1 Å². The first-order chi connectivity index (χ1) is 10.7. The van der Waals surface area contributed by atoms with Crippen LogP contribution in [-0.2, 0) is 4.79 Å². The monoisotopic (exact) mass is 298 g/mol. The second-order valence-corrected chi connectivity index (χ2v) is 5.44. The molecule has 0 spiro atoms. The lowest BCUT2D eigenvalue weighted by Gasteiger charge is -2.06. The fourth-order valence-electron chi connectivity index (χ4n) is 2.34. The number of hydrogen-bond acceptors (Lipinski definition) is 4. The van der Waals surface area contributed by atoms with E-state index in [2.05, 4.69) is 17.2 Å². The maximum atomic E-state index is 11.9. The van der Waals surface area contributed by atoms with Gasteiger partial charge in [-0.3, -0.25) is 4.79 Å². The quantitative estimate of drug-likeness (QED) is 0.859. The van der Waals surface area contributed by atoms with Gasteiger partial charge in [-0.15, -0.1) is 0 Å². The molecule has 0 radical (unpaired) electrons. The molecule has 0 bridgehead atoms. The number of nitrogens with zero attached hydrogens (tertiary/aromatic N) is 1. The maximum absolute atomic E-state index is 11.9. The highest BCUT2D eigenvalue weighted by Crippen LogP contribution is 2.47. The average Bonchev–Trinajstić information content (AvgIpc) is 3.07. The molecule has 2 aromatic heterocycles. The van der Waals surface area contributed by atoms with Crippen LogP contribution in [-0.4, -0.2) is 18.0 Å². The minimum absolute atomic E-state index is 0.283. The number of methoxy groups -OCH3 is 1. The van der Waals surface area contributed by atoms with Crippen molar-refractivity contribution in [3.8, 4) is 5.75 Å². The number of aromatic nitrogens is 1. The van der Waals surface area contributed by atoms with Crippen LogP contribution in [0.4, 0.5) is 5.82 Å². The number of pyridine rings is 1. The summed E-state index contributed by atoms with van der Waals surface area (Å²) >= 11 is 0. The summed E-state index contributed by atoms with van der Waals surface area (Å²) in [5.41, 5.74) is 0. The number of hydrogen-bond donors (Lipinski definition) is 1. The summed E-state index contributed by atoms with van der Waals surface area (Å²) in [5.74, 6) is 3.54. The first-order valence-electron chi connectivity index (χ1n) is 7.25. The van der Waals surface area contributed by atoms with Crippen molar-refractivity contribution in [2.75, 3.05) is 12.4 Å². The molecular formula is C17H18N2O3. The number of anilines is 1. The molecule has 0 saturated heterocycles. The van der Waals surface area contributed by atoms with Crippen molar-refractivity contribution in [3.63, 3.8) is 0 Å². The van der Waals surface area contributed by atoms with Crippen LogP contribution in [0.5, 0.6) is 5.75 Å². The summed E-state index contributed by atoms with van der Waals surface area (Å²) in [4.78, 5) is 16.0. The van der Waals surface area contributed by atoms with E-state index >= 15 is 0 Å². The molecule has 2 atom stereocenters. The summed E-state index contributed by atoms with van der Waals surface area (Å²) in [5, 5.41) is 2.68. The van der Waals surface area contributed by atoms with Crippen molar-refractivity contribution >= 4 is 17.8 Å². The van der Waals surface area contributed by atoms with E-state index < -0.39 is 0 Å². The predicted octanol–water partition coefficient (Wildman–Crippen LogP) is 3.46. The molecule has 114 valence electrons. The summed E-state index contributed by atoms with van der Waals surface area (Å²) < 4.78 is 10.9. The van der Waals surface area contributed by atoms with Crippen molar-refractivity contribution in [1.29, 1.82) is 0 Å². The highest BCUT2D eigenvalue weighted by atomic mass is 16.5. The van der Waals surface area contributed by atoms with Crippen LogP contribution in [0.15, 0.2) is 41.0 Å². The van der Waals surface area contributed by atoms with E-state index in [1.54, 1.807) is 24.4 Å². The Morgan fingerprint density at radius 3 is 3.00 bits per heavy atom. The van der Waals surface area contributed by atoms with E-state index in [9.17, 15) is 4.79 Å². The van der Waals surface area contributed by atoms with Gasteiger partial charge in [0.2, 0.25) is 5.91 Å². The van der Waals surface area contributed by atoms with Gasteiger partial charge in [-0.1, -0.05) is 6.92 Å². The normalized spacial score (nSPS) is 20.1. The van der Waals surface area contributed by atoms with Gasteiger partial charge in [0.15, 0.2) is 11.6 Å². The van der Waals surface area contributed by atoms with Crippen molar-refractivity contribution in [1.82, 2.24) is 4.98 Å². The Hall–Kier alpha value is -2.56. The van der Waals surface area contributed by atoms with Gasteiger partial charge in [-0.05, 0) is 42.7 Å². The second-order valence-electron chi connectivity index (χ2n) is 5.44. The maximum Gasteiger partial charge on any atom is 0.249 e. The fraction of sp³-hybridized carbons (Fsp3) is 0.294. The highest BCUT2D eigenvalue weighted by Gasteiger charge is 2.36. The van der Waals surface area contributed by atoms with Crippen molar-refractivity contribution in [2.45, 2.75) is 19.3 Å². The first kappa shape index (κ1) is 14.4. The minimum atomic E-state index is -0.283. The zero-order valence-corrected chi connectivity index (χ0v) is 12.6. The minimum Gasteiger partial charge on any atom is -0.493 e. The number of amides is 1. The smallest absolute Gasteiger partial charge is 0.249 e. The third-order valence-corrected chi connectivity index (χ3v) is 3.75. The summed E-state index contributed by atoms with van der Waals surface area (Å²) in [6.45, 7) is 2.20. The van der Waals surface area contributed by atoms with Crippen LogP contribution < -0.4 is 10.1 Å². The summed E-state index contributed by atoms with van der Waals surface area (Å²) in [6.07, 6.45) is 5.85. The number of ether oxygens (including phenoxy) is 1. The standard InChI is InChI=1S/C17H18N2O3/c1-11-10-13(11)14-7-5-12(22-14)6-8-16(20)19-17-15(21-2)4-3-9-18-17/h3-9,11,13H,10H2,1-2H3,(H,18,19,20)/b8-6+/t11-,13+/m0/s1. The van der Waals surface area contributed by atoms with Crippen LogP contribution in [0.1, 0.15) is 30.8 Å². The van der Waals surface area contributed by atoms with Gasteiger partial charge in [0, 0.05) is 18.2 Å². The number of carbonyl (C=O) groups excluding carboxylic acids is 1. The van der Waals surface area contributed by atoms with Crippen molar-refractivity contribution in [3.05, 3.63) is 48.1 Å². The van der Waals surface area contributed by atoms with Gasteiger partial charge in [0.25, 0.3) is 0 Å². The lowest BCUT2D eigenvalue weighted by Crippen LogP contribution is -2.10. The number of furan rings is 1. The highest BCUT2D eigenvalue weighted by molar-refractivity contribution is 6.01. The molecule has 1 N–H and O–H groups in total. The molecular weight excluding hydrogens is 280 g/mol. The summed E-state index contributed by atoms with van der Waals surface area (Å²) in [6, 6.07) is 7.34. The number of carbonyl (C=O) groups is 1. The SMILES string of the molecule is COc1cccnc1NC(=O)/C=C/c1ccc([C@@H]2C[C@@H]2C)o1. The Kier molecular flexibility index (Phi) is 3.96. The lowest BCUT2D eigenvalue weighted by molar-refractivity contribution is -0.111. The Morgan fingerprint density at radius 2 is 2.27 bits per heavy atom. The predicted molar refractivity (Wildman–Crippen MR) is 83.7 cm³/mol. The molecule has 0 aromatic carbocycles. The molecule has 2 aromatic rings. The first-order valence-corrected chi connectivity index (χ1v) is 7.25. The largest absolute Gasteiger partial charge is 0.493 e. The lowest BCUT2D eigenvalue weighted by atomic mass is 10.3. The van der Waals surface area contributed by atoms with E-state index in [1.165, 1.54) is 19.6 Å². The summed E-state index contributed by atoms with van der Waals surface area (Å²) in [7, 11) is 1.53. The van der Waals surface area contributed by atoms with Gasteiger partial charge >= 0.3 is 0 Å². The average molecular weight is 298 g/mol. The van der Waals surface area contributed by atoms with Gasteiger partial charge < -0.3 is 14.5 Å². The van der Waals surface area contributed by atoms with E-state index in [0.29, 0.717) is 29.2 Å². The Balaban J connectivity index is 1.62. The second kappa shape index (κ2) is 6.05. The molecule has 1 saturated carbocycles. The van der Waals surface area contributed by atoms with Gasteiger partial charge in [0.1, 0.15) is 11.5 Å². The van der Waals surface area contributed by atoms with E-state index in [4.69, 9.17) is 9.15 Å². The molecule has 5 nitrogen and oxygen atoms in total. The zero-order chi connectivity index (χ0) is 15.5. The molecule has 1 amide bonds. The van der Waals surface area contributed by atoms with Crippen LogP contribution in [0, 0.1) is 5.92 Å². The molecule has 22 heavy (non-hydrogen) atoms. The third-order valence-electron chi connectivity index (χ3n) is 3.75. The van der Waals surface area contributed by atoms with Crippen LogP contribution in [0.2, 0.25) is 0 Å². The van der Waals surface area contributed by atoms with Crippen LogP contribution in [0.25, 0.3) is 6.08 Å². The topological polar surface area (TPSA) is 64.4 Å². The molecule has 2 heterocycles. The van der Waals surface area contributed by atoms with Crippen LogP contribution >= 0.6 is 0 Å². The van der Waals surface area contributed by atoms with Crippen molar-refractivity contribution in [2.24, 2.45) is 5.92 Å². The molecule has 1 fully saturated rings. The Labute approximate surface area is 129 Å². The number of nitrogens with one attached hydrogen (secondary N) is 1. The molecule has 1 aliphatic rings. The van der Waals surface area contributed by atoms with Gasteiger partial charge in [0.05, 0.1) is 7.11 Å². The van der Waals surface area contributed by atoms with E-state index in [-0.39, 0.29) is 5.91 Å². The van der Waals surface area contributed by atoms with Gasteiger partial charge in [-0.2, -0.15) is 0 Å². The third kappa shape index (κ3) is 3.19.